The first kappa shape index (κ1) is 24.2. The first-order valence-corrected chi connectivity index (χ1v) is 10.1. The molecule has 5 nitrogen and oxygen atoms in total. The molecule has 1 aliphatic rings. The number of guanidine groups is 1. The van der Waals surface area contributed by atoms with Crippen molar-refractivity contribution in [1.29, 1.82) is 0 Å². The Morgan fingerprint density at radius 1 is 1.22 bits per heavy atom. The summed E-state index contributed by atoms with van der Waals surface area (Å²) in [6.07, 6.45) is 4.99. The van der Waals surface area contributed by atoms with Crippen LogP contribution in [0.1, 0.15) is 50.7 Å². The van der Waals surface area contributed by atoms with Crippen LogP contribution in [-0.4, -0.2) is 50.3 Å². The van der Waals surface area contributed by atoms with Gasteiger partial charge in [-0.2, -0.15) is 0 Å². The maximum Gasteiger partial charge on any atom is 0.191 e. The van der Waals surface area contributed by atoms with Crippen molar-refractivity contribution >= 4 is 29.9 Å². The van der Waals surface area contributed by atoms with Gasteiger partial charge >= 0.3 is 0 Å². The molecular weight excluding hydrogens is 451 g/mol. The number of halogens is 1. The summed E-state index contributed by atoms with van der Waals surface area (Å²) in [6, 6.07) is 9.44. The van der Waals surface area contributed by atoms with Crippen LogP contribution in [0.25, 0.3) is 0 Å². The number of benzene rings is 1. The number of hydrogen-bond donors (Lipinski definition) is 2. The molecule has 0 spiro atoms. The fourth-order valence-corrected chi connectivity index (χ4v) is 3.42. The molecule has 1 heterocycles. The molecule has 0 aliphatic carbocycles. The van der Waals surface area contributed by atoms with Crippen molar-refractivity contribution in [1.82, 2.24) is 15.5 Å². The van der Waals surface area contributed by atoms with Gasteiger partial charge in [0.25, 0.3) is 0 Å². The van der Waals surface area contributed by atoms with Crippen LogP contribution in [0.15, 0.2) is 29.3 Å². The average molecular weight is 488 g/mol. The molecule has 1 aliphatic heterocycles. The Balaban J connectivity index is 0.00000364. The summed E-state index contributed by atoms with van der Waals surface area (Å²) in [7, 11) is 1.82. The van der Waals surface area contributed by atoms with Gasteiger partial charge in [0, 0.05) is 45.9 Å². The van der Waals surface area contributed by atoms with Crippen molar-refractivity contribution in [2.24, 2.45) is 4.99 Å². The maximum absolute atomic E-state index is 5.37. The van der Waals surface area contributed by atoms with E-state index in [2.05, 4.69) is 51.7 Å². The molecule has 0 saturated carbocycles. The number of aliphatic imine (C=N–C) groups is 1. The second-order valence-corrected chi connectivity index (χ2v) is 6.99. The maximum atomic E-state index is 5.37. The second-order valence-electron chi connectivity index (χ2n) is 6.99. The number of nitrogens with one attached hydrogen (secondary N) is 2. The van der Waals surface area contributed by atoms with Gasteiger partial charge in [-0.3, -0.25) is 9.89 Å². The van der Waals surface area contributed by atoms with Crippen LogP contribution in [0, 0.1) is 0 Å². The summed E-state index contributed by atoms with van der Waals surface area (Å²) in [5, 5.41) is 6.80. The van der Waals surface area contributed by atoms with E-state index in [1.54, 1.807) is 0 Å². The average Bonchev–Trinajstić information content (AvgIpc) is 2.67. The van der Waals surface area contributed by atoms with E-state index >= 15 is 0 Å². The van der Waals surface area contributed by atoms with Crippen molar-refractivity contribution in [2.45, 2.75) is 58.7 Å². The molecule has 1 unspecified atom stereocenters. The van der Waals surface area contributed by atoms with Crippen molar-refractivity contribution in [3.63, 3.8) is 0 Å². The van der Waals surface area contributed by atoms with Gasteiger partial charge in [0.05, 0.1) is 0 Å². The van der Waals surface area contributed by atoms with Gasteiger partial charge < -0.3 is 15.4 Å². The highest BCUT2D eigenvalue weighted by Crippen LogP contribution is 2.20. The number of likely N-dealkylation sites (tertiary alicyclic amines) is 1. The number of ether oxygens (including phenoxy) is 1. The van der Waals surface area contributed by atoms with Gasteiger partial charge in [0.15, 0.2) is 5.96 Å². The van der Waals surface area contributed by atoms with Crippen molar-refractivity contribution in [2.75, 3.05) is 33.4 Å². The fourth-order valence-electron chi connectivity index (χ4n) is 3.42. The molecule has 0 bridgehead atoms. The van der Waals surface area contributed by atoms with E-state index in [9.17, 15) is 0 Å². The molecule has 1 atom stereocenters. The molecule has 1 aromatic carbocycles. The van der Waals surface area contributed by atoms with E-state index in [0.29, 0.717) is 6.04 Å². The summed E-state index contributed by atoms with van der Waals surface area (Å²) in [5.41, 5.74) is 2.77. The van der Waals surface area contributed by atoms with Gasteiger partial charge in [0.2, 0.25) is 0 Å². The Hall–Kier alpha value is -0.860. The third kappa shape index (κ3) is 8.79. The van der Waals surface area contributed by atoms with E-state index < -0.39 is 0 Å². The Morgan fingerprint density at radius 2 is 2.00 bits per heavy atom. The number of hydrogen-bond acceptors (Lipinski definition) is 3. The monoisotopic (exact) mass is 488 g/mol. The number of piperidine rings is 1. The number of rotatable bonds is 9. The smallest absolute Gasteiger partial charge is 0.191 e. The van der Waals surface area contributed by atoms with Gasteiger partial charge in [-0.15, -0.1) is 24.0 Å². The molecule has 6 heteroatoms. The standard InChI is InChI=1S/C21H36N4O.HI/c1-4-26-15-9-13-23-21(22-3)24-16-19-11-5-6-12-20(19)17-25-14-8-7-10-18(25)2;/h5-6,11-12,18H,4,7-10,13-17H2,1-3H3,(H2,22,23,24);1H. The Kier molecular flexibility index (Phi) is 12.7. The van der Waals surface area contributed by atoms with Gasteiger partial charge in [-0.05, 0) is 50.8 Å². The largest absolute Gasteiger partial charge is 0.382 e. The lowest BCUT2D eigenvalue weighted by molar-refractivity contribution is 0.145. The number of nitrogens with zero attached hydrogens (tertiary/aromatic N) is 2. The summed E-state index contributed by atoms with van der Waals surface area (Å²) >= 11 is 0. The van der Waals surface area contributed by atoms with E-state index in [1.165, 1.54) is 36.9 Å². The second kappa shape index (κ2) is 14.2. The first-order chi connectivity index (χ1) is 12.7. The molecule has 0 radical (unpaired) electrons. The zero-order chi connectivity index (χ0) is 18.6. The lowest BCUT2D eigenvalue weighted by Gasteiger charge is -2.33. The SMILES string of the molecule is CCOCCCNC(=NC)NCc1ccccc1CN1CCCCC1C.I. The van der Waals surface area contributed by atoms with Crippen LogP contribution in [0.5, 0.6) is 0 Å². The van der Waals surface area contributed by atoms with Crippen LogP contribution < -0.4 is 10.6 Å². The topological polar surface area (TPSA) is 48.9 Å². The third-order valence-electron chi connectivity index (χ3n) is 5.06. The van der Waals surface area contributed by atoms with Crippen molar-refractivity contribution < 1.29 is 4.74 Å². The van der Waals surface area contributed by atoms with Crippen molar-refractivity contribution in [3.05, 3.63) is 35.4 Å². The Labute approximate surface area is 182 Å². The van der Waals surface area contributed by atoms with E-state index in [4.69, 9.17) is 4.74 Å². The summed E-state index contributed by atoms with van der Waals surface area (Å²) < 4.78 is 5.37. The first-order valence-electron chi connectivity index (χ1n) is 10.1. The normalized spacial score (nSPS) is 18.0. The highest BCUT2D eigenvalue weighted by Gasteiger charge is 2.19. The molecule has 154 valence electrons. The van der Waals surface area contributed by atoms with E-state index in [-0.39, 0.29) is 24.0 Å². The predicted octanol–water partition coefficient (Wildman–Crippen LogP) is 3.77. The van der Waals surface area contributed by atoms with Crippen LogP contribution in [-0.2, 0) is 17.8 Å². The van der Waals surface area contributed by atoms with Crippen LogP contribution in [0.2, 0.25) is 0 Å². The molecule has 2 rings (SSSR count). The minimum absolute atomic E-state index is 0. The van der Waals surface area contributed by atoms with E-state index in [0.717, 1.165) is 45.2 Å². The minimum atomic E-state index is 0. The predicted molar refractivity (Wildman–Crippen MR) is 125 cm³/mol. The third-order valence-corrected chi connectivity index (χ3v) is 5.06. The highest BCUT2D eigenvalue weighted by atomic mass is 127. The summed E-state index contributed by atoms with van der Waals surface area (Å²) in [4.78, 5) is 6.94. The summed E-state index contributed by atoms with van der Waals surface area (Å²) in [6.45, 7) is 9.86. The quantitative estimate of drug-likeness (QED) is 0.241. The molecule has 0 aromatic heterocycles. The molecule has 1 saturated heterocycles. The lowest BCUT2D eigenvalue weighted by Crippen LogP contribution is -2.39. The molecule has 0 amide bonds. The van der Waals surface area contributed by atoms with Gasteiger partial charge in [0.1, 0.15) is 0 Å². The molecule has 1 aromatic rings. The molecule has 27 heavy (non-hydrogen) atoms. The van der Waals surface area contributed by atoms with Crippen LogP contribution in [0.3, 0.4) is 0 Å². The fraction of sp³-hybridized carbons (Fsp3) is 0.667. The van der Waals surface area contributed by atoms with Crippen molar-refractivity contribution in [3.8, 4) is 0 Å². The van der Waals surface area contributed by atoms with E-state index in [1.807, 2.05) is 14.0 Å². The van der Waals surface area contributed by atoms with Crippen LogP contribution in [0.4, 0.5) is 0 Å². The lowest BCUT2D eigenvalue weighted by atomic mass is 10.0. The highest BCUT2D eigenvalue weighted by molar-refractivity contribution is 14.0. The van der Waals surface area contributed by atoms with Crippen LogP contribution >= 0.6 is 24.0 Å². The zero-order valence-corrected chi connectivity index (χ0v) is 19.5. The van der Waals surface area contributed by atoms with Gasteiger partial charge in [-0.25, -0.2) is 0 Å². The Bertz CT molecular complexity index is 553. The molecule has 1 fully saturated rings. The molecular formula is C21H37IN4O. The zero-order valence-electron chi connectivity index (χ0n) is 17.2. The van der Waals surface area contributed by atoms with Gasteiger partial charge in [-0.1, -0.05) is 30.7 Å². The Morgan fingerprint density at radius 3 is 2.70 bits per heavy atom. The molecule has 2 N–H and O–H groups in total. The minimum Gasteiger partial charge on any atom is -0.382 e. The summed E-state index contributed by atoms with van der Waals surface area (Å²) in [5.74, 6) is 0.850.